The van der Waals surface area contributed by atoms with E-state index < -0.39 is 29.6 Å². The number of fused-ring (bicyclic) bond motifs is 1. The number of carboxylic acid groups (broad SMARTS) is 1. The molecule has 1 N–H and O–H groups in total. The Bertz CT molecular complexity index is 676. The smallest absolute Gasteiger partial charge is 0.311 e. The molecule has 0 bridgehead atoms. The Labute approximate surface area is 128 Å². The van der Waals surface area contributed by atoms with Gasteiger partial charge in [-0.05, 0) is 25.0 Å². The first-order chi connectivity index (χ1) is 10.4. The standard InChI is InChI=1S/C17H17NO4/c1-9-3-6-11(7-4-9)18-15(19)13-10(2)5-8-12(17(21)22)14(13)16(18)20/h3-8,10,12-14H,1-2H3,(H,21,22). The molecule has 0 aromatic heterocycles. The molecular formula is C17H17NO4. The molecule has 0 radical (unpaired) electrons. The van der Waals surface area contributed by atoms with Crippen LogP contribution in [0.3, 0.4) is 0 Å². The Morgan fingerprint density at radius 2 is 1.64 bits per heavy atom. The second-order valence-corrected chi connectivity index (χ2v) is 6.01. The molecule has 1 saturated heterocycles. The number of hydrogen-bond acceptors (Lipinski definition) is 3. The zero-order chi connectivity index (χ0) is 16.0. The molecule has 5 heteroatoms. The summed E-state index contributed by atoms with van der Waals surface area (Å²) in [5.74, 6) is -4.28. The third-order valence-corrected chi connectivity index (χ3v) is 4.55. The highest BCUT2D eigenvalue weighted by atomic mass is 16.4. The van der Waals surface area contributed by atoms with Gasteiger partial charge in [0.05, 0.1) is 23.4 Å². The number of benzene rings is 1. The summed E-state index contributed by atoms with van der Waals surface area (Å²) in [6, 6.07) is 7.09. The van der Waals surface area contributed by atoms with Crippen LogP contribution in [0, 0.1) is 30.6 Å². The van der Waals surface area contributed by atoms with Gasteiger partial charge in [-0.25, -0.2) is 0 Å². The lowest BCUT2D eigenvalue weighted by molar-refractivity contribution is -0.145. The van der Waals surface area contributed by atoms with Crippen LogP contribution in [0.1, 0.15) is 12.5 Å². The van der Waals surface area contributed by atoms with Crippen LogP contribution in [0.25, 0.3) is 0 Å². The number of aliphatic carboxylic acids is 1. The van der Waals surface area contributed by atoms with Gasteiger partial charge >= 0.3 is 5.97 Å². The quantitative estimate of drug-likeness (QED) is 0.669. The van der Waals surface area contributed by atoms with Crippen molar-refractivity contribution in [1.82, 2.24) is 0 Å². The molecule has 2 amide bonds. The van der Waals surface area contributed by atoms with Gasteiger partial charge in [-0.1, -0.05) is 36.8 Å². The first kappa shape index (κ1) is 14.5. The van der Waals surface area contributed by atoms with Crippen LogP contribution in [-0.2, 0) is 14.4 Å². The fourth-order valence-corrected chi connectivity index (χ4v) is 3.36. The largest absolute Gasteiger partial charge is 0.481 e. The van der Waals surface area contributed by atoms with E-state index in [1.807, 2.05) is 26.0 Å². The van der Waals surface area contributed by atoms with Crippen molar-refractivity contribution in [2.75, 3.05) is 4.90 Å². The number of aryl methyl sites for hydroxylation is 1. The molecule has 114 valence electrons. The molecule has 1 aromatic rings. The molecule has 1 aliphatic carbocycles. The van der Waals surface area contributed by atoms with Gasteiger partial charge in [0.1, 0.15) is 0 Å². The predicted octanol–water partition coefficient (Wildman–Crippen LogP) is 2.01. The van der Waals surface area contributed by atoms with Crippen LogP contribution in [0.15, 0.2) is 36.4 Å². The van der Waals surface area contributed by atoms with E-state index in [4.69, 9.17) is 0 Å². The normalized spacial score (nSPS) is 30.5. The summed E-state index contributed by atoms with van der Waals surface area (Å²) >= 11 is 0. The van der Waals surface area contributed by atoms with Gasteiger partial charge in [-0.3, -0.25) is 19.3 Å². The minimum absolute atomic E-state index is 0.146. The lowest BCUT2D eigenvalue weighted by Gasteiger charge is -2.27. The zero-order valence-electron chi connectivity index (χ0n) is 12.4. The summed E-state index contributed by atoms with van der Waals surface area (Å²) in [5.41, 5.74) is 1.53. The second-order valence-electron chi connectivity index (χ2n) is 6.01. The lowest BCUT2D eigenvalue weighted by Crippen LogP contribution is -2.36. The van der Waals surface area contributed by atoms with Crippen molar-refractivity contribution in [1.29, 1.82) is 0 Å². The summed E-state index contributed by atoms with van der Waals surface area (Å²) < 4.78 is 0. The van der Waals surface area contributed by atoms with Crippen molar-refractivity contribution in [2.45, 2.75) is 13.8 Å². The summed E-state index contributed by atoms with van der Waals surface area (Å²) in [7, 11) is 0. The van der Waals surface area contributed by atoms with Crippen LogP contribution >= 0.6 is 0 Å². The third-order valence-electron chi connectivity index (χ3n) is 4.55. The molecule has 5 nitrogen and oxygen atoms in total. The highest BCUT2D eigenvalue weighted by Crippen LogP contribution is 2.43. The van der Waals surface area contributed by atoms with Gasteiger partial charge in [0.2, 0.25) is 11.8 Å². The Kier molecular flexibility index (Phi) is 3.35. The summed E-state index contributed by atoms with van der Waals surface area (Å²) in [4.78, 5) is 38.0. The van der Waals surface area contributed by atoms with Gasteiger partial charge in [-0.15, -0.1) is 0 Å². The topological polar surface area (TPSA) is 74.7 Å². The van der Waals surface area contributed by atoms with Crippen molar-refractivity contribution >= 4 is 23.5 Å². The number of nitrogens with zero attached hydrogens (tertiary/aromatic N) is 1. The molecular weight excluding hydrogens is 282 g/mol. The van der Waals surface area contributed by atoms with Gasteiger partial charge in [-0.2, -0.15) is 0 Å². The average molecular weight is 299 g/mol. The summed E-state index contributed by atoms with van der Waals surface area (Å²) in [6.45, 7) is 3.76. The zero-order valence-corrected chi connectivity index (χ0v) is 12.4. The Hall–Kier alpha value is -2.43. The summed E-state index contributed by atoms with van der Waals surface area (Å²) in [5, 5.41) is 9.34. The number of carbonyl (C=O) groups is 3. The number of rotatable bonds is 2. The minimum Gasteiger partial charge on any atom is -0.481 e. The maximum atomic E-state index is 12.7. The van der Waals surface area contributed by atoms with Crippen molar-refractivity contribution in [3.63, 3.8) is 0 Å². The van der Waals surface area contributed by atoms with Gasteiger partial charge in [0, 0.05) is 0 Å². The predicted molar refractivity (Wildman–Crippen MR) is 80.1 cm³/mol. The number of anilines is 1. The Balaban J connectivity index is 2.03. The van der Waals surface area contributed by atoms with E-state index in [1.54, 1.807) is 18.2 Å². The van der Waals surface area contributed by atoms with Gasteiger partial charge < -0.3 is 5.11 Å². The first-order valence-corrected chi connectivity index (χ1v) is 7.27. The van der Waals surface area contributed by atoms with E-state index in [0.29, 0.717) is 5.69 Å². The molecule has 0 saturated carbocycles. The Morgan fingerprint density at radius 1 is 1.05 bits per heavy atom. The number of carbonyl (C=O) groups excluding carboxylic acids is 2. The average Bonchev–Trinajstić information content (AvgIpc) is 2.73. The molecule has 0 spiro atoms. The van der Waals surface area contributed by atoms with Crippen LogP contribution in [-0.4, -0.2) is 22.9 Å². The highest BCUT2D eigenvalue weighted by Gasteiger charge is 2.55. The van der Waals surface area contributed by atoms with E-state index in [9.17, 15) is 19.5 Å². The summed E-state index contributed by atoms with van der Waals surface area (Å²) in [6.07, 6.45) is 3.27. The number of allylic oxidation sites excluding steroid dienone is 1. The maximum Gasteiger partial charge on any atom is 0.311 e. The van der Waals surface area contributed by atoms with Crippen molar-refractivity contribution in [3.05, 3.63) is 42.0 Å². The third kappa shape index (κ3) is 2.04. The number of carboxylic acids is 1. The number of hydrogen-bond donors (Lipinski definition) is 1. The van der Waals surface area contributed by atoms with Crippen molar-refractivity contribution in [3.8, 4) is 0 Å². The monoisotopic (exact) mass is 299 g/mol. The molecule has 3 rings (SSSR count). The fraction of sp³-hybridized carbons (Fsp3) is 0.353. The van der Waals surface area contributed by atoms with E-state index in [2.05, 4.69) is 0 Å². The van der Waals surface area contributed by atoms with E-state index in [1.165, 1.54) is 6.08 Å². The molecule has 22 heavy (non-hydrogen) atoms. The first-order valence-electron chi connectivity index (χ1n) is 7.27. The maximum absolute atomic E-state index is 12.7. The molecule has 2 aliphatic rings. The number of imide groups is 1. The molecule has 4 unspecified atom stereocenters. The fourth-order valence-electron chi connectivity index (χ4n) is 3.36. The molecule has 1 aromatic carbocycles. The van der Waals surface area contributed by atoms with Crippen molar-refractivity contribution in [2.24, 2.45) is 23.7 Å². The molecule has 1 aliphatic heterocycles. The molecule has 1 heterocycles. The lowest BCUT2D eigenvalue weighted by atomic mass is 9.72. The van der Waals surface area contributed by atoms with Gasteiger partial charge in [0.25, 0.3) is 0 Å². The SMILES string of the molecule is Cc1ccc(N2C(=O)C3C(C)C=CC(C(=O)O)C3C2=O)cc1. The van der Waals surface area contributed by atoms with E-state index >= 15 is 0 Å². The Morgan fingerprint density at radius 3 is 2.23 bits per heavy atom. The van der Waals surface area contributed by atoms with Crippen LogP contribution in [0.5, 0.6) is 0 Å². The van der Waals surface area contributed by atoms with Crippen LogP contribution in [0.2, 0.25) is 0 Å². The van der Waals surface area contributed by atoms with E-state index in [0.717, 1.165) is 10.5 Å². The highest BCUT2D eigenvalue weighted by molar-refractivity contribution is 6.23. The van der Waals surface area contributed by atoms with Crippen LogP contribution in [0.4, 0.5) is 5.69 Å². The number of amides is 2. The van der Waals surface area contributed by atoms with Crippen LogP contribution < -0.4 is 4.90 Å². The molecule has 1 fully saturated rings. The second kappa shape index (κ2) is 5.09. The minimum atomic E-state index is -1.06. The van der Waals surface area contributed by atoms with Gasteiger partial charge in [0.15, 0.2) is 0 Å². The van der Waals surface area contributed by atoms with Crippen molar-refractivity contribution < 1.29 is 19.5 Å². The van der Waals surface area contributed by atoms with E-state index in [-0.39, 0.29) is 11.8 Å². The molecule has 4 atom stereocenters.